The second kappa shape index (κ2) is 9.91. The summed E-state index contributed by atoms with van der Waals surface area (Å²) < 4.78 is 6.07. The normalized spacial score (nSPS) is 10.5. The maximum Gasteiger partial charge on any atom is 0.275 e. The van der Waals surface area contributed by atoms with Crippen molar-refractivity contribution < 1.29 is 9.53 Å². The van der Waals surface area contributed by atoms with E-state index in [0.717, 1.165) is 5.56 Å². The number of carbonyl (C=O) groups excluding carboxylic acids is 1. The molecule has 144 valence electrons. The van der Waals surface area contributed by atoms with Gasteiger partial charge in [-0.3, -0.25) is 4.79 Å². The number of nitrogens with one attached hydrogen (secondary N) is 1. The number of anilines is 1. The molecule has 0 saturated heterocycles. The number of hydrogen-bond acceptors (Lipinski definition) is 5. The third-order valence-electron chi connectivity index (χ3n) is 3.69. The molecule has 1 N–H and O–H groups in total. The van der Waals surface area contributed by atoms with E-state index in [0.29, 0.717) is 38.4 Å². The molecular formula is C20H17BrClN3O2S. The molecule has 0 saturated carbocycles. The fourth-order valence-corrected chi connectivity index (χ4v) is 3.84. The van der Waals surface area contributed by atoms with Crippen LogP contribution in [0.1, 0.15) is 23.0 Å². The molecule has 1 aromatic heterocycles. The van der Waals surface area contributed by atoms with Gasteiger partial charge in [0.2, 0.25) is 0 Å². The Balaban J connectivity index is 1.76. The third kappa shape index (κ3) is 5.25. The maximum absolute atomic E-state index is 12.8. The van der Waals surface area contributed by atoms with Crippen molar-refractivity contribution in [3.8, 4) is 5.75 Å². The van der Waals surface area contributed by atoms with Crippen LogP contribution in [0.4, 0.5) is 5.69 Å². The Morgan fingerprint density at radius 3 is 2.75 bits per heavy atom. The molecule has 1 amide bonds. The van der Waals surface area contributed by atoms with Crippen molar-refractivity contribution in [1.82, 2.24) is 9.97 Å². The van der Waals surface area contributed by atoms with E-state index in [9.17, 15) is 4.79 Å². The SMILES string of the molecule is CCOc1ccccc1NC(=O)c1nc(SCc2ccccc2Cl)ncc1Br. The van der Waals surface area contributed by atoms with Crippen LogP contribution in [-0.2, 0) is 5.75 Å². The summed E-state index contributed by atoms with van der Waals surface area (Å²) in [5.41, 5.74) is 1.82. The number of hydrogen-bond donors (Lipinski definition) is 1. The first-order chi connectivity index (χ1) is 13.6. The van der Waals surface area contributed by atoms with Crippen LogP contribution in [-0.4, -0.2) is 22.5 Å². The molecule has 5 nitrogen and oxygen atoms in total. The summed E-state index contributed by atoms with van der Waals surface area (Å²) in [5, 5.41) is 4.03. The first-order valence-electron chi connectivity index (χ1n) is 8.50. The van der Waals surface area contributed by atoms with E-state index in [1.165, 1.54) is 11.8 Å². The van der Waals surface area contributed by atoms with Gasteiger partial charge in [-0.05, 0) is 46.6 Å². The van der Waals surface area contributed by atoms with Gasteiger partial charge in [-0.15, -0.1) is 0 Å². The van der Waals surface area contributed by atoms with Crippen molar-refractivity contribution in [2.75, 3.05) is 11.9 Å². The van der Waals surface area contributed by atoms with Gasteiger partial charge in [-0.25, -0.2) is 9.97 Å². The van der Waals surface area contributed by atoms with Crippen LogP contribution in [0.3, 0.4) is 0 Å². The van der Waals surface area contributed by atoms with Crippen molar-refractivity contribution >= 4 is 50.9 Å². The van der Waals surface area contributed by atoms with E-state index in [2.05, 4.69) is 31.2 Å². The number of ether oxygens (including phenoxy) is 1. The average Bonchev–Trinajstić information content (AvgIpc) is 2.70. The smallest absolute Gasteiger partial charge is 0.275 e. The average molecular weight is 479 g/mol. The lowest BCUT2D eigenvalue weighted by Crippen LogP contribution is -2.16. The fraction of sp³-hybridized carbons (Fsp3) is 0.150. The van der Waals surface area contributed by atoms with E-state index in [1.807, 2.05) is 43.3 Å². The quantitative estimate of drug-likeness (QED) is 0.341. The standard InChI is InChI=1S/C20H17BrClN3O2S/c1-2-27-17-10-6-5-9-16(17)24-19(26)18-14(21)11-23-20(25-18)28-12-13-7-3-4-8-15(13)22/h3-11H,2,12H2,1H3,(H,24,26). The Kier molecular flexibility index (Phi) is 7.30. The number of halogens is 2. The number of aromatic nitrogens is 2. The molecule has 3 rings (SSSR count). The summed E-state index contributed by atoms with van der Waals surface area (Å²) in [4.78, 5) is 21.4. The molecule has 0 unspecified atom stereocenters. The van der Waals surface area contributed by atoms with E-state index in [4.69, 9.17) is 16.3 Å². The number of rotatable bonds is 7. The molecule has 8 heteroatoms. The first kappa shape index (κ1) is 20.6. The highest BCUT2D eigenvalue weighted by atomic mass is 79.9. The number of benzene rings is 2. The maximum atomic E-state index is 12.8. The topological polar surface area (TPSA) is 64.1 Å². The Labute approximate surface area is 181 Å². The van der Waals surface area contributed by atoms with Crippen LogP contribution in [0.25, 0.3) is 0 Å². The molecule has 0 radical (unpaired) electrons. The molecule has 3 aromatic rings. The lowest BCUT2D eigenvalue weighted by atomic mass is 10.2. The van der Waals surface area contributed by atoms with Crippen LogP contribution in [0.15, 0.2) is 64.4 Å². The molecule has 1 heterocycles. The van der Waals surface area contributed by atoms with E-state index in [1.54, 1.807) is 18.3 Å². The second-order valence-electron chi connectivity index (χ2n) is 5.61. The summed E-state index contributed by atoms with van der Waals surface area (Å²) in [6.45, 7) is 2.40. The number of carbonyl (C=O) groups is 1. The number of amides is 1. The Bertz CT molecular complexity index is 987. The molecule has 0 aliphatic heterocycles. The lowest BCUT2D eigenvalue weighted by Gasteiger charge is -2.12. The largest absolute Gasteiger partial charge is 0.492 e. The molecule has 0 fully saturated rings. The lowest BCUT2D eigenvalue weighted by molar-refractivity contribution is 0.102. The minimum absolute atomic E-state index is 0.253. The van der Waals surface area contributed by atoms with E-state index >= 15 is 0 Å². The second-order valence-corrected chi connectivity index (χ2v) is 7.82. The van der Waals surface area contributed by atoms with Crippen molar-refractivity contribution in [3.05, 3.63) is 75.5 Å². The predicted molar refractivity (Wildman–Crippen MR) is 116 cm³/mol. The van der Waals surface area contributed by atoms with Gasteiger partial charge in [-0.1, -0.05) is 53.7 Å². The van der Waals surface area contributed by atoms with Crippen molar-refractivity contribution in [2.45, 2.75) is 17.8 Å². The number of nitrogens with zero attached hydrogens (tertiary/aromatic N) is 2. The summed E-state index contributed by atoms with van der Waals surface area (Å²) >= 11 is 11.0. The minimum atomic E-state index is -0.346. The van der Waals surface area contributed by atoms with Gasteiger partial charge in [-0.2, -0.15) is 0 Å². The van der Waals surface area contributed by atoms with E-state index in [-0.39, 0.29) is 11.6 Å². The van der Waals surface area contributed by atoms with Gasteiger partial charge in [0.25, 0.3) is 5.91 Å². The van der Waals surface area contributed by atoms with Gasteiger partial charge in [0.05, 0.1) is 16.8 Å². The zero-order valence-electron chi connectivity index (χ0n) is 15.0. The zero-order valence-corrected chi connectivity index (χ0v) is 18.1. The van der Waals surface area contributed by atoms with Gasteiger partial charge in [0, 0.05) is 17.0 Å². The molecule has 0 bridgehead atoms. The Morgan fingerprint density at radius 2 is 1.96 bits per heavy atom. The van der Waals surface area contributed by atoms with Crippen LogP contribution < -0.4 is 10.1 Å². The van der Waals surface area contributed by atoms with Crippen LogP contribution in [0, 0.1) is 0 Å². The molecule has 0 aliphatic rings. The predicted octanol–water partition coefficient (Wildman–Crippen LogP) is 5.84. The molecular weight excluding hydrogens is 462 g/mol. The van der Waals surface area contributed by atoms with E-state index < -0.39 is 0 Å². The molecule has 28 heavy (non-hydrogen) atoms. The van der Waals surface area contributed by atoms with Crippen LogP contribution in [0.5, 0.6) is 5.75 Å². The van der Waals surface area contributed by atoms with Gasteiger partial charge < -0.3 is 10.1 Å². The van der Waals surface area contributed by atoms with Crippen LogP contribution in [0.2, 0.25) is 5.02 Å². The minimum Gasteiger partial charge on any atom is -0.492 e. The highest BCUT2D eigenvalue weighted by Gasteiger charge is 2.16. The Hall–Kier alpha value is -2.09. The summed E-state index contributed by atoms with van der Waals surface area (Å²) in [6, 6.07) is 14.9. The summed E-state index contributed by atoms with van der Waals surface area (Å²) in [7, 11) is 0. The van der Waals surface area contributed by atoms with Crippen molar-refractivity contribution in [2.24, 2.45) is 0 Å². The highest BCUT2D eigenvalue weighted by molar-refractivity contribution is 9.10. The Morgan fingerprint density at radius 1 is 1.21 bits per heavy atom. The summed E-state index contributed by atoms with van der Waals surface area (Å²) in [5.74, 6) is 0.869. The monoisotopic (exact) mass is 477 g/mol. The van der Waals surface area contributed by atoms with Gasteiger partial charge in [0.15, 0.2) is 5.16 Å². The first-order valence-corrected chi connectivity index (χ1v) is 10.7. The molecule has 0 aliphatic carbocycles. The van der Waals surface area contributed by atoms with Gasteiger partial charge in [0.1, 0.15) is 11.4 Å². The fourth-order valence-electron chi connectivity index (χ4n) is 2.37. The molecule has 0 spiro atoms. The molecule has 2 aromatic carbocycles. The van der Waals surface area contributed by atoms with Crippen molar-refractivity contribution in [1.29, 1.82) is 0 Å². The highest BCUT2D eigenvalue weighted by Crippen LogP contribution is 2.27. The number of para-hydroxylation sites is 2. The van der Waals surface area contributed by atoms with Crippen molar-refractivity contribution in [3.63, 3.8) is 0 Å². The van der Waals surface area contributed by atoms with Crippen LogP contribution >= 0.6 is 39.3 Å². The van der Waals surface area contributed by atoms with Gasteiger partial charge >= 0.3 is 0 Å². The molecule has 0 atom stereocenters. The third-order valence-corrected chi connectivity index (χ3v) is 5.55. The summed E-state index contributed by atoms with van der Waals surface area (Å²) in [6.07, 6.45) is 1.57. The number of thioether (sulfide) groups is 1. The zero-order chi connectivity index (χ0) is 19.9.